The van der Waals surface area contributed by atoms with Gasteiger partial charge in [0.15, 0.2) is 5.76 Å². The summed E-state index contributed by atoms with van der Waals surface area (Å²) < 4.78 is 5.75. The van der Waals surface area contributed by atoms with Crippen LogP contribution in [0.1, 0.15) is 65.1 Å². The lowest BCUT2D eigenvalue weighted by molar-refractivity contribution is -0.134. The van der Waals surface area contributed by atoms with Crippen LogP contribution in [0, 0.1) is 0 Å². The van der Waals surface area contributed by atoms with Crippen molar-refractivity contribution in [3.05, 3.63) is 95.4 Å². The number of furan rings is 1. The van der Waals surface area contributed by atoms with Gasteiger partial charge in [-0.1, -0.05) is 60.7 Å². The minimum Gasteiger partial charge on any atom is -0.454 e. The van der Waals surface area contributed by atoms with Crippen molar-refractivity contribution in [1.82, 2.24) is 9.80 Å². The zero-order valence-corrected chi connectivity index (χ0v) is 19.5. The molecule has 34 heavy (non-hydrogen) atoms. The van der Waals surface area contributed by atoms with Crippen molar-refractivity contribution in [2.45, 2.75) is 43.7 Å². The SMILES string of the molecule is CC(N)c1ccc(C(=O)N2C[C@@H](c3ccccc3)C[C@H]2C(=O)N2CCC(c3ccccc3)C2)o1. The predicted molar refractivity (Wildman–Crippen MR) is 130 cm³/mol. The van der Waals surface area contributed by atoms with Gasteiger partial charge in [-0.25, -0.2) is 0 Å². The molecule has 2 aromatic carbocycles. The Kier molecular flexibility index (Phi) is 6.24. The highest BCUT2D eigenvalue weighted by atomic mass is 16.4. The van der Waals surface area contributed by atoms with Crippen molar-refractivity contribution in [2.24, 2.45) is 5.73 Å². The number of rotatable bonds is 5. The molecule has 3 heterocycles. The van der Waals surface area contributed by atoms with Crippen molar-refractivity contribution in [3.63, 3.8) is 0 Å². The second-order valence-corrected chi connectivity index (χ2v) is 9.49. The average molecular weight is 458 g/mol. The van der Waals surface area contributed by atoms with Crippen LogP contribution in [0.2, 0.25) is 0 Å². The highest BCUT2D eigenvalue weighted by Crippen LogP contribution is 2.36. The molecule has 0 aliphatic carbocycles. The first-order valence-corrected chi connectivity index (χ1v) is 12.1. The Labute approximate surface area is 200 Å². The van der Waals surface area contributed by atoms with Gasteiger partial charge >= 0.3 is 0 Å². The Bertz CT molecular complexity index is 1140. The quantitative estimate of drug-likeness (QED) is 0.619. The van der Waals surface area contributed by atoms with Crippen molar-refractivity contribution in [3.8, 4) is 0 Å². The average Bonchev–Trinajstić information content (AvgIpc) is 3.64. The molecule has 0 radical (unpaired) electrons. The van der Waals surface area contributed by atoms with E-state index < -0.39 is 6.04 Å². The number of amides is 2. The molecule has 0 bridgehead atoms. The molecular weight excluding hydrogens is 426 g/mol. The fraction of sp³-hybridized carbons (Fsp3) is 0.357. The number of nitrogens with two attached hydrogens (primary N) is 1. The van der Waals surface area contributed by atoms with Gasteiger partial charge in [-0.2, -0.15) is 0 Å². The minimum absolute atomic E-state index is 0.0317. The lowest BCUT2D eigenvalue weighted by atomic mass is 9.96. The van der Waals surface area contributed by atoms with E-state index in [-0.39, 0.29) is 29.5 Å². The molecule has 6 heteroatoms. The smallest absolute Gasteiger partial charge is 0.290 e. The van der Waals surface area contributed by atoms with Crippen LogP contribution in [-0.4, -0.2) is 47.3 Å². The van der Waals surface area contributed by atoms with Crippen molar-refractivity contribution >= 4 is 11.8 Å². The topological polar surface area (TPSA) is 79.8 Å². The van der Waals surface area contributed by atoms with Gasteiger partial charge < -0.3 is 20.0 Å². The van der Waals surface area contributed by atoms with E-state index in [1.165, 1.54) is 5.56 Å². The first-order valence-electron chi connectivity index (χ1n) is 12.1. The molecule has 2 aliphatic heterocycles. The van der Waals surface area contributed by atoms with E-state index >= 15 is 0 Å². The molecule has 3 aromatic rings. The summed E-state index contributed by atoms with van der Waals surface area (Å²) in [4.78, 5) is 30.9. The van der Waals surface area contributed by atoms with Gasteiger partial charge in [0, 0.05) is 31.5 Å². The Morgan fingerprint density at radius 2 is 1.56 bits per heavy atom. The summed E-state index contributed by atoms with van der Waals surface area (Å²) in [7, 11) is 0. The molecule has 2 unspecified atom stereocenters. The Morgan fingerprint density at radius 3 is 2.18 bits per heavy atom. The number of carbonyl (C=O) groups excluding carboxylic acids is 2. The molecule has 2 N–H and O–H groups in total. The van der Waals surface area contributed by atoms with E-state index in [1.54, 1.807) is 17.0 Å². The van der Waals surface area contributed by atoms with Crippen LogP contribution in [-0.2, 0) is 4.79 Å². The van der Waals surface area contributed by atoms with E-state index in [2.05, 4.69) is 24.3 Å². The standard InChI is InChI=1S/C28H31N3O3/c1-19(29)25-12-13-26(34-25)28(33)31-18-23(21-10-6-3-7-11-21)16-24(31)27(32)30-15-14-22(17-30)20-8-4-2-5-9-20/h2-13,19,22-24H,14-18,29H2,1H3/t19?,22?,23-,24-/m0/s1. The first kappa shape index (κ1) is 22.4. The number of benzene rings is 2. The molecular formula is C28H31N3O3. The van der Waals surface area contributed by atoms with E-state index in [9.17, 15) is 9.59 Å². The van der Waals surface area contributed by atoms with Crippen molar-refractivity contribution in [2.75, 3.05) is 19.6 Å². The molecule has 2 fully saturated rings. The van der Waals surface area contributed by atoms with Crippen LogP contribution < -0.4 is 5.73 Å². The summed E-state index contributed by atoms with van der Waals surface area (Å²) in [6.45, 7) is 3.70. The lowest BCUT2D eigenvalue weighted by Gasteiger charge is -2.27. The number of hydrogen-bond acceptors (Lipinski definition) is 4. The molecule has 176 valence electrons. The fourth-order valence-corrected chi connectivity index (χ4v) is 5.28. The predicted octanol–water partition coefficient (Wildman–Crippen LogP) is 4.31. The van der Waals surface area contributed by atoms with E-state index in [0.29, 0.717) is 37.7 Å². The largest absolute Gasteiger partial charge is 0.454 e. The third-order valence-electron chi connectivity index (χ3n) is 7.18. The van der Waals surface area contributed by atoms with Gasteiger partial charge in [-0.3, -0.25) is 9.59 Å². The van der Waals surface area contributed by atoms with Gasteiger partial charge in [0.05, 0.1) is 6.04 Å². The third kappa shape index (κ3) is 4.38. The first-order chi connectivity index (χ1) is 16.5. The van der Waals surface area contributed by atoms with Gasteiger partial charge in [0.1, 0.15) is 11.8 Å². The molecule has 6 nitrogen and oxygen atoms in total. The van der Waals surface area contributed by atoms with Crippen LogP contribution >= 0.6 is 0 Å². The summed E-state index contributed by atoms with van der Waals surface area (Å²) in [5, 5.41) is 0. The van der Waals surface area contributed by atoms with Gasteiger partial charge in [-0.15, -0.1) is 0 Å². The highest BCUT2D eigenvalue weighted by Gasteiger charge is 2.44. The number of carbonyl (C=O) groups is 2. The van der Waals surface area contributed by atoms with Crippen LogP contribution in [0.3, 0.4) is 0 Å². The van der Waals surface area contributed by atoms with Crippen LogP contribution in [0.15, 0.2) is 77.2 Å². The molecule has 1 aromatic heterocycles. The van der Waals surface area contributed by atoms with Gasteiger partial charge in [-0.05, 0) is 43.0 Å². The zero-order valence-electron chi connectivity index (χ0n) is 19.5. The summed E-state index contributed by atoms with van der Waals surface area (Å²) in [5.74, 6) is 1.03. The second kappa shape index (κ2) is 9.47. The maximum absolute atomic E-state index is 13.7. The van der Waals surface area contributed by atoms with Crippen LogP contribution in [0.25, 0.3) is 0 Å². The van der Waals surface area contributed by atoms with E-state index in [4.69, 9.17) is 10.2 Å². The van der Waals surface area contributed by atoms with Crippen molar-refractivity contribution < 1.29 is 14.0 Å². The Balaban J connectivity index is 1.38. The minimum atomic E-state index is -0.504. The Morgan fingerprint density at radius 1 is 0.912 bits per heavy atom. The molecule has 0 spiro atoms. The van der Waals surface area contributed by atoms with Crippen molar-refractivity contribution in [1.29, 1.82) is 0 Å². The summed E-state index contributed by atoms with van der Waals surface area (Å²) in [6, 6.07) is 23.1. The van der Waals surface area contributed by atoms with Crippen LogP contribution in [0.5, 0.6) is 0 Å². The third-order valence-corrected chi connectivity index (χ3v) is 7.18. The summed E-state index contributed by atoms with van der Waals surface area (Å²) >= 11 is 0. The summed E-state index contributed by atoms with van der Waals surface area (Å²) in [6.07, 6.45) is 1.55. The number of nitrogens with zero attached hydrogens (tertiary/aromatic N) is 2. The lowest BCUT2D eigenvalue weighted by Crippen LogP contribution is -2.47. The monoisotopic (exact) mass is 457 g/mol. The normalized spacial score (nSPS) is 23.3. The number of likely N-dealkylation sites (tertiary alicyclic amines) is 2. The van der Waals surface area contributed by atoms with E-state index in [0.717, 1.165) is 12.0 Å². The maximum atomic E-state index is 13.7. The highest BCUT2D eigenvalue weighted by molar-refractivity contribution is 5.96. The van der Waals surface area contributed by atoms with Crippen LogP contribution in [0.4, 0.5) is 0 Å². The Hall–Kier alpha value is -3.38. The molecule has 0 saturated carbocycles. The van der Waals surface area contributed by atoms with Gasteiger partial charge in [0.25, 0.3) is 5.91 Å². The van der Waals surface area contributed by atoms with E-state index in [1.807, 2.05) is 48.2 Å². The molecule has 2 saturated heterocycles. The maximum Gasteiger partial charge on any atom is 0.290 e. The molecule has 4 atom stereocenters. The van der Waals surface area contributed by atoms with Gasteiger partial charge in [0.2, 0.25) is 5.91 Å². The summed E-state index contributed by atoms with van der Waals surface area (Å²) in [5.41, 5.74) is 8.33. The molecule has 5 rings (SSSR count). The zero-order chi connectivity index (χ0) is 23.7. The fourth-order valence-electron chi connectivity index (χ4n) is 5.28. The molecule has 2 aliphatic rings. The molecule has 2 amide bonds. The second-order valence-electron chi connectivity index (χ2n) is 9.49. The number of hydrogen-bond donors (Lipinski definition) is 1.